The Labute approximate surface area is 191 Å². The van der Waals surface area contributed by atoms with Gasteiger partial charge in [-0.05, 0) is 56.5 Å². The van der Waals surface area contributed by atoms with Crippen molar-refractivity contribution in [2.24, 2.45) is 5.92 Å². The van der Waals surface area contributed by atoms with Gasteiger partial charge in [0.2, 0.25) is 0 Å². The van der Waals surface area contributed by atoms with Crippen LogP contribution in [0.25, 0.3) is 10.9 Å². The molecule has 0 fully saturated rings. The van der Waals surface area contributed by atoms with Gasteiger partial charge in [0.25, 0.3) is 5.56 Å². The lowest BCUT2D eigenvalue weighted by Gasteiger charge is -2.31. The summed E-state index contributed by atoms with van der Waals surface area (Å²) in [6.07, 6.45) is 0.847. The Kier molecular flexibility index (Phi) is 7.49. The van der Waals surface area contributed by atoms with Gasteiger partial charge >= 0.3 is 6.03 Å². The van der Waals surface area contributed by atoms with Crippen LogP contribution >= 0.6 is 15.9 Å². The zero-order valence-corrected chi connectivity index (χ0v) is 20.0. The number of anilines is 1. The zero-order chi connectivity index (χ0) is 22.5. The lowest BCUT2D eigenvalue weighted by Crippen LogP contribution is -2.41. The van der Waals surface area contributed by atoms with E-state index in [1.807, 2.05) is 56.3 Å². The molecule has 0 saturated heterocycles. The number of hydrogen-bond acceptors (Lipinski definition) is 3. The number of carbonyl (C=O) groups is 1. The van der Waals surface area contributed by atoms with Crippen LogP contribution < -0.4 is 10.9 Å². The lowest BCUT2D eigenvalue weighted by molar-refractivity contribution is 0.184. The summed E-state index contributed by atoms with van der Waals surface area (Å²) in [6.45, 7) is 9.17. The summed E-state index contributed by atoms with van der Waals surface area (Å²) < 4.78 is 2.56. The first-order chi connectivity index (χ1) is 14.8. The molecule has 1 heterocycles. The maximum absolute atomic E-state index is 13.3. The Morgan fingerprint density at radius 1 is 1.16 bits per heavy atom. The first-order valence-electron chi connectivity index (χ1n) is 10.6. The van der Waals surface area contributed by atoms with Gasteiger partial charge in [-0.3, -0.25) is 9.36 Å². The van der Waals surface area contributed by atoms with Crippen molar-refractivity contribution in [3.63, 3.8) is 0 Å². The van der Waals surface area contributed by atoms with E-state index in [1.165, 1.54) is 0 Å². The molecule has 0 radical (unpaired) electrons. The average molecular weight is 485 g/mol. The van der Waals surface area contributed by atoms with Gasteiger partial charge in [0.05, 0.1) is 16.9 Å². The number of fused-ring (bicyclic) bond motifs is 1. The van der Waals surface area contributed by atoms with Gasteiger partial charge in [0, 0.05) is 23.2 Å². The summed E-state index contributed by atoms with van der Waals surface area (Å²) in [4.78, 5) is 32.9. The molecular formula is C24H29BrN4O2. The fourth-order valence-corrected chi connectivity index (χ4v) is 3.98. The highest BCUT2D eigenvalue weighted by atomic mass is 79.9. The summed E-state index contributed by atoms with van der Waals surface area (Å²) in [5.41, 5.74) is 1.28. The second-order valence-corrected chi connectivity index (χ2v) is 8.94. The van der Waals surface area contributed by atoms with E-state index < -0.39 is 0 Å². The van der Waals surface area contributed by atoms with Crippen LogP contribution in [0.1, 0.15) is 46.0 Å². The van der Waals surface area contributed by atoms with Crippen molar-refractivity contribution in [2.75, 3.05) is 11.9 Å². The Bertz CT molecular complexity index is 1130. The molecule has 0 spiro atoms. The Morgan fingerprint density at radius 2 is 1.90 bits per heavy atom. The largest absolute Gasteiger partial charge is 0.322 e. The second kappa shape index (κ2) is 10.1. The quantitative estimate of drug-likeness (QED) is 0.459. The summed E-state index contributed by atoms with van der Waals surface area (Å²) in [7, 11) is 0. The van der Waals surface area contributed by atoms with Crippen LogP contribution in [0.4, 0.5) is 10.5 Å². The van der Waals surface area contributed by atoms with Crippen LogP contribution in [0.5, 0.6) is 0 Å². The number of nitrogens with zero attached hydrogens (tertiary/aromatic N) is 3. The van der Waals surface area contributed by atoms with Crippen molar-refractivity contribution >= 4 is 38.6 Å². The van der Waals surface area contributed by atoms with E-state index in [4.69, 9.17) is 4.98 Å². The number of amides is 2. The van der Waals surface area contributed by atoms with E-state index in [-0.39, 0.29) is 17.6 Å². The van der Waals surface area contributed by atoms with E-state index in [9.17, 15) is 9.59 Å². The molecule has 31 heavy (non-hydrogen) atoms. The summed E-state index contributed by atoms with van der Waals surface area (Å²) in [5.74, 6) is 1.03. The molecule has 3 aromatic rings. The minimum Gasteiger partial charge on any atom is -0.315 e. The predicted octanol–water partition coefficient (Wildman–Crippen LogP) is 5.82. The molecule has 2 aromatic carbocycles. The Balaban J connectivity index is 2.00. The highest BCUT2D eigenvalue weighted by molar-refractivity contribution is 9.10. The number of para-hydroxylation sites is 1. The zero-order valence-electron chi connectivity index (χ0n) is 18.4. The minimum absolute atomic E-state index is 0.0776. The SMILES string of the molecule is CCn1c(C(C)N(CCC(C)C)C(=O)Nc2cccc(Br)c2)nc2ccccc2c1=O. The topological polar surface area (TPSA) is 67.2 Å². The number of hydrogen-bond donors (Lipinski definition) is 1. The van der Waals surface area contributed by atoms with Crippen molar-refractivity contribution < 1.29 is 4.79 Å². The molecule has 0 bridgehead atoms. The van der Waals surface area contributed by atoms with Crippen LogP contribution in [-0.2, 0) is 6.54 Å². The first kappa shape index (κ1) is 23.0. The number of urea groups is 1. The van der Waals surface area contributed by atoms with Crippen molar-refractivity contribution in [1.82, 2.24) is 14.5 Å². The molecule has 164 valence electrons. The van der Waals surface area contributed by atoms with Crippen LogP contribution in [0, 0.1) is 5.92 Å². The monoisotopic (exact) mass is 484 g/mol. The third kappa shape index (κ3) is 5.34. The third-order valence-corrected chi connectivity index (χ3v) is 5.83. The predicted molar refractivity (Wildman–Crippen MR) is 129 cm³/mol. The summed E-state index contributed by atoms with van der Waals surface area (Å²) in [5, 5.41) is 3.58. The molecule has 1 atom stereocenters. The number of halogens is 1. The third-order valence-electron chi connectivity index (χ3n) is 5.33. The van der Waals surface area contributed by atoms with Crippen molar-refractivity contribution in [3.05, 3.63) is 69.2 Å². The average Bonchev–Trinajstić information content (AvgIpc) is 2.73. The second-order valence-electron chi connectivity index (χ2n) is 8.03. The van der Waals surface area contributed by atoms with E-state index in [0.29, 0.717) is 41.4 Å². The normalized spacial score (nSPS) is 12.2. The van der Waals surface area contributed by atoms with E-state index in [1.54, 1.807) is 15.5 Å². The summed E-state index contributed by atoms with van der Waals surface area (Å²) >= 11 is 3.44. The first-order valence-corrected chi connectivity index (χ1v) is 11.4. The number of aromatic nitrogens is 2. The van der Waals surface area contributed by atoms with E-state index in [2.05, 4.69) is 35.1 Å². The van der Waals surface area contributed by atoms with Gasteiger partial charge in [-0.1, -0.05) is 48.0 Å². The van der Waals surface area contributed by atoms with Crippen molar-refractivity contribution in [1.29, 1.82) is 0 Å². The van der Waals surface area contributed by atoms with E-state index >= 15 is 0 Å². The lowest BCUT2D eigenvalue weighted by atomic mass is 10.1. The number of nitrogens with one attached hydrogen (secondary N) is 1. The fraction of sp³-hybridized carbons (Fsp3) is 0.375. The van der Waals surface area contributed by atoms with Gasteiger partial charge in [-0.15, -0.1) is 0 Å². The molecule has 0 saturated carbocycles. The highest BCUT2D eigenvalue weighted by Crippen LogP contribution is 2.23. The number of benzene rings is 2. The molecular weight excluding hydrogens is 456 g/mol. The molecule has 1 aromatic heterocycles. The van der Waals surface area contributed by atoms with Gasteiger partial charge in [-0.2, -0.15) is 0 Å². The van der Waals surface area contributed by atoms with Crippen LogP contribution in [-0.4, -0.2) is 27.0 Å². The van der Waals surface area contributed by atoms with Crippen molar-refractivity contribution in [3.8, 4) is 0 Å². The van der Waals surface area contributed by atoms with Crippen molar-refractivity contribution in [2.45, 2.75) is 46.7 Å². The molecule has 0 aliphatic carbocycles. The van der Waals surface area contributed by atoms with Gasteiger partial charge in [0.15, 0.2) is 0 Å². The smallest absolute Gasteiger partial charge is 0.315 e. The number of rotatable bonds is 7. The Morgan fingerprint density at radius 3 is 2.58 bits per heavy atom. The molecule has 0 aliphatic rings. The standard InChI is InChI=1S/C24H29BrN4O2/c1-5-28-22(27-21-12-7-6-11-20(21)23(28)30)17(4)29(14-13-16(2)3)24(31)26-19-10-8-9-18(25)15-19/h6-12,15-17H,5,13-14H2,1-4H3,(H,26,31). The highest BCUT2D eigenvalue weighted by Gasteiger charge is 2.26. The van der Waals surface area contributed by atoms with E-state index in [0.717, 1.165) is 10.9 Å². The molecule has 6 nitrogen and oxygen atoms in total. The molecule has 3 rings (SSSR count). The molecule has 1 unspecified atom stereocenters. The minimum atomic E-state index is -0.372. The van der Waals surface area contributed by atoms with Gasteiger partial charge in [0.1, 0.15) is 5.82 Å². The van der Waals surface area contributed by atoms with Crippen LogP contribution in [0.2, 0.25) is 0 Å². The van der Waals surface area contributed by atoms with Crippen LogP contribution in [0.3, 0.4) is 0 Å². The maximum atomic E-state index is 13.3. The molecule has 2 amide bonds. The molecule has 1 N–H and O–H groups in total. The Hall–Kier alpha value is -2.67. The van der Waals surface area contributed by atoms with Crippen LogP contribution in [0.15, 0.2) is 57.8 Å². The fourth-order valence-electron chi connectivity index (χ4n) is 3.58. The summed E-state index contributed by atoms with van der Waals surface area (Å²) in [6, 6.07) is 14.3. The van der Waals surface area contributed by atoms with Gasteiger partial charge < -0.3 is 10.2 Å². The van der Waals surface area contributed by atoms with Gasteiger partial charge in [-0.25, -0.2) is 9.78 Å². The maximum Gasteiger partial charge on any atom is 0.322 e. The molecule has 0 aliphatic heterocycles. The molecule has 7 heteroatoms. The number of carbonyl (C=O) groups excluding carboxylic acids is 1.